The Hall–Kier alpha value is -3.13. The van der Waals surface area contributed by atoms with Crippen molar-refractivity contribution < 1.29 is 18.0 Å². The lowest BCUT2D eigenvalue weighted by Gasteiger charge is -2.33. The van der Waals surface area contributed by atoms with Crippen LogP contribution in [0.25, 0.3) is 5.57 Å². The Balaban J connectivity index is 1.82. The van der Waals surface area contributed by atoms with E-state index in [4.69, 9.17) is 5.41 Å². The monoisotopic (exact) mass is 435 g/mol. The van der Waals surface area contributed by atoms with Gasteiger partial charge in [-0.15, -0.1) is 0 Å². The molecule has 3 heterocycles. The third-order valence-electron chi connectivity index (χ3n) is 5.39. The number of hydrogen-bond acceptors (Lipinski definition) is 7. The van der Waals surface area contributed by atoms with Gasteiger partial charge < -0.3 is 25.4 Å². The van der Waals surface area contributed by atoms with E-state index < -0.39 is 17.3 Å². The van der Waals surface area contributed by atoms with Crippen LogP contribution in [0.4, 0.5) is 19.0 Å². The predicted octanol–water partition coefficient (Wildman–Crippen LogP) is 1.54. The number of pyridine rings is 1. The van der Waals surface area contributed by atoms with Crippen molar-refractivity contribution in [3.63, 3.8) is 0 Å². The summed E-state index contributed by atoms with van der Waals surface area (Å²) in [5.74, 6) is -0.154. The maximum Gasteiger partial charge on any atom is 0.417 e. The molecule has 2 N–H and O–H groups in total. The van der Waals surface area contributed by atoms with Crippen LogP contribution in [-0.4, -0.2) is 79.8 Å². The first kappa shape index (κ1) is 22.6. The SMILES string of the molecule is CN1CCN(C(=O)CN/C=C(\C=N)c2cc(C(F)(F)F)c(C#N)c(N3CCC3)n2)CC1. The quantitative estimate of drug-likeness (QED) is 0.658. The standard InChI is InChI=1S/C20H24F3N7O/c1-28-5-7-29(8-6-28)18(31)13-26-12-14(10-24)17-9-16(20(21,22)23)15(11-25)19(27-17)30-3-2-4-30/h9-10,12,24,26H,2-8,13H2,1H3/b14-12+,24-10?. The molecule has 0 aliphatic carbocycles. The van der Waals surface area contributed by atoms with E-state index >= 15 is 0 Å². The van der Waals surface area contributed by atoms with Crippen LogP contribution in [0.2, 0.25) is 0 Å². The zero-order valence-corrected chi connectivity index (χ0v) is 17.2. The molecule has 8 nitrogen and oxygen atoms in total. The van der Waals surface area contributed by atoms with E-state index in [9.17, 15) is 23.2 Å². The van der Waals surface area contributed by atoms with Crippen LogP contribution < -0.4 is 10.2 Å². The number of amides is 1. The van der Waals surface area contributed by atoms with Gasteiger partial charge in [-0.3, -0.25) is 4.79 Å². The molecule has 2 saturated heterocycles. The first-order chi connectivity index (χ1) is 14.7. The third kappa shape index (κ3) is 5.14. The number of carbonyl (C=O) groups is 1. The molecule has 2 aliphatic heterocycles. The number of allylic oxidation sites excluding steroid dienone is 1. The number of nitrogens with one attached hydrogen (secondary N) is 2. The summed E-state index contributed by atoms with van der Waals surface area (Å²) in [4.78, 5) is 22.0. The number of rotatable bonds is 6. The van der Waals surface area contributed by atoms with Crippen LogP contribution in [-0.2, 0) is 11.0 Å². The average Bonchev–Trinajstić information content (AvgIpc) is 2.69. The summed E-state index contributed by atoms with van der Waals surface area (Å²) in [5, 5.41) is 19.7. The van der Waals surface area contributed by atoms with Crippen molar-refractivity contribution in [2.45, 2.75) is 12.6 Å². The third-order valence-corrected chi connectivity index (χ3v) is 5.39. The second-order valence-electron chi connectivity index (χ2n) is 7.51. The van der Waals surface area contributed by atoms with Gasteiger partial charge in [-0.1, -0.05) is 0 Å². The first-order valence-electron chi connectivity index (χ1n) is 9.92. The Morgan fingerprint density at radius 1 is 1.29 bits per heavy atom. The highest BCUT2D eigenvalue weighted by Gasteiger charge is 2.37. The summed E-state index contributed by atoms with van der Waals surface area (Å²) in [5.41, 5.74) is -1.59. The normalized spacial score (nSPS) is 17.7. The number of nitrogens with zero attached hydrogens (tertiary/aromatic N) is 5. The van der Waals surface area contributed by atoms with Gasteiger partial charge in [0.25, 0.3) is 0 Å². The molecule has 0 aromatic carbocycles. The summed E-state index contributed by atoms with van der Waals surface area (Å²) in [7, 11) is 1.98. The maximum absolute atomic E-state index is 13.6. The molecule has 0 saturated carbocycles. The van der Waals surface area contributed by atoms with E-state index in [1.165, 1.54) is 6.20 Å². The summed E-state index contributed by atoms with van der Waals surface area (Å²) in [6, 6.07) is 2.41. The van der Waals surface area contributed by atoms with Crippen LogP contribution in [0.1, 0.15) is 23.2 Å². The minimum absolute atomic E-state index is 0.0279. The molecule has 1 aromatic rings. The minimum Gasteiger partial charge on any atom is -0.382 e. The van der Waals surface area contributed by atoms with Crippen LogP contribution in [0.3, 0.4) is 0 Å². The highest BCUT2D eigenvalue weighted by atomic mass is 19.4. The lowest BCUT2D eigenvalue weighted by Crippen LogP contribution is -2.49. The Bertz CT molecular complexity index is 911. The molecule has 1 aromatic heterocycles. The number of carbonyl (C=O) groups excluding carboxylic acids is 1. The average molecular weight is 435 g/mol. The van der Waals surface area contributed by atoms with Gasteiger partial charge in [0.2, 0.25) is 5.91 Å². The topological polar surface area (TPSA) is 99.3 Å². The maximum atomic E-state index is 13.6. The van der Waals surface area contributed by atoms with Gasteiger partial charge >= 0.3 is 6.18 Å². The first-order valence-corrected chi connectivity index (χ1v) is 9.92. The van der Waals surface area contributed by atoms with Crippen molar-refractivity contribution in [2.75, 3.05) is 57.8 Å². The van der Waals surface area contributed by atoms with E-state index in [1.807, 2.05) is 7.05 Å². The van der Waals surface area contributed by atoms with Crippen LogP contribution in [0.15, 0.2) is 12.3 Å². The van der Waals surface area contributed by atoms with E-state index in [0.29, 0.717) is 26.2 Å². The molecule has 0 spiro atoms. The predicted molar refractivity (Wildman–Crippen MR) is 110 cm³/mol. The molecule has 31 heavy (non-hydrogen) atoms. The van der Waals surface area contributed by atoms with Crippen molar-refractivity contribution in [3.8, 4) is 6.07 Å². The molecule has 1 amide bonds. The molecule has 11 heteroatoms. The van der Waals surface area contributed by atoms with Crippen molar-refractivity contribution in [2.24, 2.45) is 0 Å². The van der Waals surface area contributed by atoms with Gasteiger partial charge in [-0.25, -0.2) is 4.98 Å². The number of halogens is 3. The molecular formula is C20H24F3N7O. The fourth-order valence-electron chi connectivity index (χ4n) is 3.38. The van der Waals surface area contributed by atoms with Crippen molar-refractivity contribution in [1.82, 2.24) is 20.1 Å². The number of anilines is 1. The van der Waals surface area contributed by atoms with E-state index in [1.54, 1.807) is 15.9 Å². The zero-order chi connectivity index (χ0) is 22.6. The van der Waals surface area contributed by atoms with Crippen molar-refractivity contribution in [3.05, 3.63) is 29.1 Å². The van der Waals surface area contributed by atoms with Crippen molar-refractivity contribution >= 4 is 23.5 Å². The molecular weight excluding hydrogens is 411 g/mol. The Morgan fingerprint density at radius 3 is 2.48 bits per heavy atom. The number of alkyl halides is 3. The summed E-state index contributed by atoms with van der Waals surface area (Å²) < 4.78 is 40.8. The largest absolute Gasteiger partial charge is 0.417 e. The Morgan fingerprint density at radius 2 is 1.97 bits per heavy atom. The van der Waals surface area contributed by atoms with E-state index in [0.717, 1.165) is 31.8 Å². The van der Waals surface area contributed by atoms with Crippen LogP contribution in [0.5, 0.6) is 0 Å². The second kappa shape index (κ2) is 9.34. The lowest BCUT2D eigenvalue weighted by atomic mass is 10.0. The Labute approximate surface area is 178 Å². The minimum atomic E-state index is -4.74. The van der Waals surface area contributed by atoms with Crippen molar-refractivity contribution in [1.29, 1.82) is 10.7 Å². The van der Waals surface area contributed by atoms with Gasteiger partial charge in [0.15, 0.2) is 0 Å². The van der Waals surface area contributed by atoms with Crippen LogP contribution in [0, 0.1) is 16.7 Å². The Kier molecular flexibility index (Phi) is 6.80. The van der Waals surface area contributed by atoms with Gasteiger partial charge in [0.05, 0.1) is 17.8 Å². The van der Waals surface area contributed by atoms with Gasteiger partial charge in [-0.2, -0.15) is 18.4 Å². The molecule has 166 valence electrons. The van der Waals surface area contributed by atoms with Crippen LogP contribution >= 0.6 is 0 Å². The highest BCUT2D eigenvalue weighted by molar-refractivity contribution is 6.07. The summed E-state index contributed by atoms with van der Waals surface area (Å²) in [6.07, 6.45) is -1.74. The second-order valence-corrected chi connectivity index (χ2v) is 7.51. The molecule has 0 radical (unpaired) electrons. The zero-order valence-electron chi connectivity index (χ0n) is 17.2. The molecule has 0 bridgehead atoms. The smallest absolute Gasteiger partial charge is 0.382 e. The number of hydrogen-bond donors (Lipinski definition) is 2. The number of aromatic nitrogens is 1. The number of nitriles is 1. The molecule has 0 atom stereocenters. The van der Waals surface area contributed by atoms with Gasteiger partial charge in [-0.05, 0) is 19.5 Å². The molecule has 2 aliphatic rings. The fraction of sp³-hybridized carbons (Fsp3) is 0.500. The van der Waals surface area contributed by atoms with Gasteiger partial charge in [0, 0.05) is 57.3 Å². The molecule has 3 rings (SSSR count). The van der Waals surface area contributed by atoms with E-state index in [-0.39, 0.29) is 29.5 Å². The summed E-state index contributed by atoms with van der Waals surface area (Å²) >= 11 is 0. The van der Waals surface area contributed by atoms with E-state index in [2.05, 4.69) is 15.2 Å². The van der Waals surface area contributed by atoms with Gasteiger partial charge in [0.1, 0.15) is 17.5 Å². The lowest BCUT2D eigenvalue weighted by molar-refractivity contribution is -0.137. The molecule has 0 unspecified atom stereocenters. The number of piperazine rings is 1. The molecule has 2 fully saturated rings. The highest BCUT2D eigenvalue weighted by Crippen LogP contribution is 2.37. The number of likely N-dealkylation sites (N-methyl/N-ethyl adjacent to an activating group) is 1. The fourth-order valence-corrected chi connectivity index (χ4v) is 3.38. The summed E-state index contributed by atoms with van der Waals surface area (Å²) in [6.45, 7) is 3.78.